The molecule has 142 valence electrons. The minimum Gasteiger partial charge on any atom is -0.359 e. The molecule has 1 aliphatic heterocycles. The van der Waals surface area contributed by atoms with Crippen molar-refractivity contribution >= 4 is 0 Å². The molecule has 1 atom stereocenters. The van der Waals surface area contributed by atoms with Crippen molar-refractivity contribution in [2.45, 2.75) is 116 Å². The molecule has 24 heavy (non-hydrogen) atoms. The monoisotopic (exact) mass is 336 g/mol. The Morgan fingerprint density at radius 1 is 0.625 bits per heavy atom. The zero-order chi connectivity index (χ0) is 17.5. The fourth-order valence-corrected chi connectivity index (χ4v) is 3.75. The molecule has 1 unspecified atom stereocenters. The van der Waals surface area contributed by atoms with Gasteiger partial charge in [-0.25, -0.2) is 0 Å². The second-order valence-electron chi connectivity index (χ2n) is 7.71. The topological polar surface area (TPSA) is 6.48 Å². The van der Waals surface area contributed by atoms with Crippen LogP contribution in [0.3, 0.4) is 0 Å². The van der Waals surface area contributed by atoms with Crippen molar-refractivity contribution in [1.29, 1.82) is 0 Å². The average Bonchev–Trinajstić information content (AvgIpc) is 2.93. The molecule has 2 heteroatoms. The average molecular weight is 337 g/mol. The molecule has 0 amide bonds. The molecule has 0 bridgehead atoms. The predicted molar refractivity (Wildman–Crippen MR) is 108 cm³/mol. The van der Waals surface area contributed by atoms with Crippen LogP contribution in [0, 0.1) is 0 Å². The van der Waals surface area contributed by atoms with Gasteiger partial charge in [-0.2, -0.15) is 0 Å². The lowest BCUT2D eigenvalue weighted by atomic mass is 10.0. The van der Waals surface area contributed by atoms with Crippen LogP contribution in [0.4, 0.5) is 0 Å². The van der Waals surface area contributed by atoms with Crippen molar-refractivity contribution in [2.24, 2.45) is 0 Å². The lowest BCUT2D eigenvalue weighted by molar-refractivity contribution is 0.159. The standard InChI is InChI=1S/C22H44N2/c1-4-6-8-9-10-11-12-13-14-15-16-18-22-23(3)20-21-24(22)19-17-7-5-2/h20-22H,4-19H2,1-3H3. The van der Waals surface area contributed by atoms with Crippen molar-refractivity contribution in [3.63, 3.8) is 0 Å². The smallest absolute Gasteiger partial charge is 0.100 e. The zero-order valence-electron chi connectivity index (χ0n) is 16.9. The van der Waals surface area contributed by atoms with Crippen LogP contribution in [0.15, 0.2) is 12.4 Å². The Balaban J connectivity index is 1.95. The van der Waals surface area contributed by atoms with Gasteiger partial charge in [0.1, 0.15) is 6.17 Å². The lowest BCUT2D eigenvalue weighted by Gasteiger charge is -2.30. The fraction of sp³-hybridized carbons (Fsp3) is 0.909. The highest BCUT2D eigenvalue weighted by atomic mass is 15.4. The molecule has 0 aromatic rings. The third-order valence-corrected chi connectivity index (χ3v) is 5.43. The highest BCUT2D eigenvalue weighted by Gasteiger charge is 2.22. The maximum absolute atomic E-state index is 2.56. The Labute approximate surface area is 152 Å². The molecule has 0 saturated carbocycles. The van der Waals surface area contributed by atoms with Crippen molar-refractivity contribution in [3.05, 3.63) is 12.4 Å². The molecule has 1 rings (SSSR count). The zero-order valence-corrected chi connectivity index (χ0v) is 16.9. The number of hydrogen-bond donors (Lipinski definition) is 0. The van der Waals surface area contributed by atoms with E-state index in [1.807, 2.05) is 0 Å². The summed E-state index contributed by atoms with van der Waals surface area (Å²) in [7, 11) is 2.24. The second-order valence-corrected chi connectivity index (χ2v) is 7.71. The summed E-state index contributed by atoms with van der Waals surface area (Å²) in [6, 6.07) is 0. The summed E-state index contributed by atoms with van der Waals surface area (Å²) in [6.07, 6.45) is 26.3. The molecule has 2 nitrogen and oxygen atoms in total. The molecule has 0 aromatic heterocycles. The van der Waals surface area contributed by atoms with Gasteiger partial charge in [-0.05, 0) is 19.3 Å². The van der Waals surface area contributed by atoms with Gasteiger partial charge in [0, 0.05) is 26.0 Å². The number of nitrogens with zero attached hydrogens (tertiary/aromatic N) is 2. The van der Waals surface area contributed by atoms with Gasteiger partial charge in [0.15, 0.2) is 0 Å². The summed E-state index contributed by atoms with van der Waals surface area (Å²) >= 11 is 0. The molecule has 0 aliphatic carbocycles. The fourth-order valence-electron chi connectivity index (χ4n) is 3.75. The van der Waals surface area contributed by atoms with E-state index in [9.17, 15) is 0 Å². The van der Waals surface area contributed by atoms with E-state index in [2.05, 4.69) is 43.1 Å². The van der Waals surface area contributed by atoms with Crippen LogP contribution in [0.25, 0.3) is 0 Å². The van der Waals surface area contributed by atoms with Gasteiger partial charge >= 0.3 is 0 Å². The van der Waals surface area contributed by atoms with E-state index in [-0.39, 0.29) is 0 Å². The van der Waals surface area contributed by atoms with E-state index in [0.29, 0.717) is 6.17 Å². The summed E-state index contributed by atoms with van der Waals surface area (Å²) in [5.74, 6) is 0. The summed E-state index contributed by atoms with van der Waals surface area (Å²) in [5.41, 5.74) is 0. The first-order valence-electron chi connectivity index (χ1n) is 11.0. The number of rotatable bonds is 16. The van der Waals surface area contributed by atoms with Crippen molar-refractivity contribution < 1.29 is 0 Å². The van der Waals surface area contributed by atoms with Crippen LogP contribution in [0.5, 0.6) is 0 Å². The quantitative estimate of drug-likeness (QED) is 0.282. The third kappa shape index (κ3) is 9.59. The van der Waals surface area contributed by atoms with E-state index < -0.39 is 0 Å². The first kappa shape index (κ1) is 21.4. The largest absolute Gasteiger partial charge is 0.359 e. The minimum absolute atomic E-state index is 0.625. The first-order chi connectivity index (χ1) is 11.8. The Kier molecular flexibility index (Phi) is 13.1. The minimum atomic E-state index is 0.625. The van der Waals surface area contributed by atoms with Crippen LogP contribution in [0.1, 0.15) is 110 Å². The van der Waals surface area contributed by atoms with E-state index >= 15 is 0 Å². The summed E-state index contributed by atoms with van der Waals surface area (Å²) in [6.45, 7) is 5.82. The molecule has 0 N–H and O–H groups in total. The normalized spacial score (nSPS) is 17.2. The summed E-state index contributed by atoms with van der Waals surface area (Å²) in [5, 5.41) is 0. The summed E-state index contributed by atoms with van der Waals surface area (Å²) in [4.78, 5) is 4.97. The lowest BCUT2D eigenvalue weighted by Crippen LogP contribution is -2.36. The predicted octanol–water partition coefficient (Wildman–Crippen LogP) is 6.92. The van der Waals surface area contributed by atoms with Crippen LogP contribution < -0.4 is 0 Å². The van der Waals surface area contributed by atoms with E-state index in [1.54, 1.807) is 0 Å². The molecule has 0 saturated heterocycles. The highest BCUT2D eigenvalue weighted by molar-refractivity contribution is 4.95. The molecule has 0 aromatic carbocycles. The van der Waals surface area contributed by atoms with E-state index in [1.165, 1.54) is 103 Å². The maximum atomic E-state index is 2.56. The highest BCUT2D eigenvalue weighted by Crippen LogP contribution is 2.21. The molecular formula is C22H44N2. The van der Waals surface area contributed by atoms with E-state index in [4.69, 9.17) is 0 Å². The van der Waals surface area contributed by atoms with Gasteiger partial charge in [-0.1, -0.05) is 90.9 Å². The van der Waals surface area contributed by atoms with Crippen LogP contribution in [0.2, 0.25) is 0 Å². The van der Waals surface area contributed by atoms with Crippen LogP contribution in [-0.2, 0) is 0 Å². The number of hydrogen-bond acceptors (Lipinski definition) is 2. The molecule has 1 aliphatic rings. The Morgan fingerprint density at radius 2 is 1.12 bits per heavy atom. The van der Waals surface area contributed by atoms with Gasteiger partial charge in [0.25, 0.3) is 0 Å². The van der Waals surface area contributed by atoms with Gasteiger partial charge in [0.05, 0.1) is 0 Å². The van der Waals surface area contributed by atoms with Gasteiger partial charge < -0.3 is 9.80 Å². The molecule has 0 fully saturated rings. The van der Waals surface area contributed by atoms with Crippen LogP contribution >= 0.6 is 0 Å². The third-order valence-electron chi connectivity index (χ3n) is 5.43. The molecule has 1 heterocycles. The Morgan fingerprint density at radius 3 is 1.71 bits per heavy atom. The molecule has 0 spiro atoms. The van der Waals surface area contributed by atoms with Crippen molar-refractivity contribution in [1.82, 2.24) is 9.80 Å². The van der Waals surface area contributed by atoms with Gasteiger partial charge in [0.2, 0.25) is 0 Å². The molecular weight excluding hydrogens is 292 g/mol. The van der Waals surface area contributed by atoms with Crippen molar-refractivity contribution in [3.8, 4) is 0 Å². The SMILES string of the molecule is CCCCCCCCCCCCCC1N(C)C=CN1CCCCC. The summed E-state index contributed by atoms with van der Waals surface area (Å²) < 4.78 is 0. The van der Waals surface area contributed by atoms with Crippen molar-refractivity contribution in [2.75, 3.05) is 13.6 Å². The molecule has 0 radical (unpaired) electrons. The second kappa shape index (κ2) is 14.7. The van der Waals surface area contributed by atoms with Gasteiger partial charge in [-0.15, -0.1) is 0 Å². The number of unbranched alkanes of at least 4 members (excludes halogenated alkanes) is 12. The maximum Gasteiger partial charge on any atom is 0.100 e. The first-order valence-corrected chi connectivity index (χ1v) is 11.0. The van der Waals surface area contributed by atoms with E-state index in [0.717, 1.165) is 0 Å². The Hall–Kier alpha value is -0.660. The van der Waals surface area contributed by atoms with Crippen LogP contribution in [-0.4, -0.2) is 29.6 Å². The van der Waals surface area contributed by atoms with Gasteiger partial charge in [-0.3, -0.25) is 0 Å². The Bertz CT molecular complexity index is 300.